The fourth-order valence-corrected chi connectivity index (χ4v) is 5.09. The van der Waals surface area contributed by atoms with Gasteiger partial charge in [-0.2, -0.15) is 31.4 Å². The molecule has 3 N–H and O–H groups in total. The highest BCUT2D eigenvalue weighted by molar-refractivity contribution is 6.32. The van der Waals surface area contributed by atoms with Gasteiger partial charge in [0, 0.05) is 42.4 Å². The molecule has 4 heterocycles. The number of nitrogens with one attached hydrogen (secondary N) is 3. The van der Waals surface area contributed by atoms with Crippen LogP contribution in [0.1, 0.15) is 38.2 Å². The molecule has 0 aromatic carbocycles. The number of nitrogens with zero attached hydrogens (tertiary/aromatic N) is 8. The van der Waals surface area contributed by atoms with E-state index in [2.05, 4.69) is 45.4 Å². The topological polar surface area (TPSA) is 160 Å². The van der Waals surface area contributed by atoms with E-state index in [1.54, 1.807) is 6.92 Å². The van der Waals surface area contributed by atoms with Gasteiger partial charge < -0.3 is 15.4 Å². The standard InChI is InChI=1S/C27H26ClF6N11O2/c1-2-47-24-38-7-14(8-39-24)19-11-36-20(12-35-19)45(25(46)40-13-26(29,30)31)16-5-3-15(4-6-16)42-23-37-9-17(27(32,33)34)21(43-23)22-18(28)10-41-44-22/h7-12,15-16H,2-6,13H2,1H3,(H,40,46)(H,41,44)(H,37,42,43). The molecule has 0 aliphatic heterocycles. The predicted molar refractivity (Wildman–Crippen MR) is 155 cm³/mol. The highest BCUT2D eigenvalue weighted by atomic mass is 35.5. The van der Waals surface area contributed by atoms with Gasteiger partial charge in [-0.05, 0) is 32.6 Å². The van der Waals surface area contributed by atoms with E-state index in [0.29, 0.717) is 49.7 Å². The third kappa shape index (κ3) is 8.32. The summed E-state index contributed by atoms with van der Waals surface area (Å²) in [5.41, 5.74) is -0.983. The molecule has 1 aliphatic rings. The number of carbonyl (C=O) groups is 1. The average molecular weight is 686 g/mol. The van der Waals surface area contributed by atoms with Crippen LogP contribution in [-0.2, 0) is 6.18 Å². The van der Waals surface area contributed by atoms with E-state index in [1.807, 2.05) is 5.32 Å². The number of alkyl halides is 6. The van der Waals surface area contributed by atoms with Gasteiger partial charge in [-0.15, -0.1) is 0 Å². The fourth-order valence-electron chi connectivity index (χ4n) is 4.91. The maximum absolute atomic E-state index is 13.7. The first-order valence-electron chi connectivity index (χ1n) is 14.1. The summed E-state index contributed by atoms with van der Waals surface area (Å²) in [6.45, 7) is 0.606. The molecule has 0 bridgehead atoms. The van der Waals surface area contributed by atoms with Crippen molar-refractivity contribution in [1.82, 2.24) is 45.4 Å². The Labute approximate surface area is 267 Å². The molecular weight excluding hydrogens is 660 g/mol. The number of H-pyrrole nitrogens is 1. The van der Waals surface area contributed by atoms with E-state index in [1.165, 1.54) is 31.0 Å². The van der Waals surface area contributed by atoms with Crippen molar-refractivity contribution in [2.75, 3.05) is 23.4 Å². The molecule has 0 saturated heterocycles. The van der Waals surface area contributed by atoms with Gasteiger partial charge >= 0.3 is 24.4 Å². The Morgan fingerprint density at radius 2 is 1.70 bits per heavy atom. The van der Waals surface area contributed by atoms with Gasteiger partial charge in [0.25, 0.3) is 0 Å². The van der Waals surface area contributed by atoms with Crippen LogP contribution in [0.25, 0.3) is 22.6 Å². The summed E-state index contributed by atoms with van der Waals surface area (Å²) in [6, 6.07) is -1.76. The number of hydrogen-bond donors (Lipinski definition) is 3. The normalized spacial score (nSPS) is 16.9. The molecule has 5 rings (SSSR count). The molecule has 0 radical (unpaired) electrons. The third-order valence-electron chi connectivity index (χ3n) is 7.05. The van der Waals surface area contributed by atoms with Crippen LogP contribution in [0.5, 0.6) is 6.01 Å². The molecular formula is C27H26ClF6N11O2. The van der Waals surface area contributed by atoms with E-state index in [9.17, 15) is 31.1 Å². The largest absolute Gasteiger partial charge is 0.464 e. The van der Waals surface area contributed by atoms with Crippen LogP contribution in [-0.4, -0.2) is 77.5 Å². The van der Waals surface area contributed by atoms with Gasteiger partial charge in [0.2, 0.25) is 5.95 Å². The van der Waals surface area contributed by atoms with E-state index < -0.39 is 42.2 Å². The molecule has 4 aromatic heterocycles. The van der Waals surface area contributed by atoms with Crippen LogP contribution in [0.3, 0.4) is 0 Å². The van der Waals surface area contributed by atoms with E-state index >= 15 is 0 Å². The molecule has 47 heavy (non-hydrogen) atoms. The zero-order chi connectivity index (χ0) is 33.8. The van der Waals surface area contributed by atoms with Crippen LogP contribution in [0, 0.1) is 0 Å². The van der Waals surface area contributed by atoms with Crippen LogP contribution in [0.15, 0.2) is 37.2 Å². The quantitative estimate of drug-likeness (QED) is 0.187. The molecule has 0 atom stereocenters. The maximum atomic E-state index is 13.7. The fraction of sp³-hybridized carbons (Fsp3) is 0.407. The first-order valence-corrected chi connectivity index (χ1v) is 14.5. The third-order valence-corrected chi connectivity index (χ3v) is 7.34. The van der Waals surface area contributed by atoms with Gasteiger partial charge in [-0.1, -0.05) is 11.6 Å². The van der Waals surface area contributed by atoms with Gasteiger partial charge in [0.15, 0.2) is 5.82 Å². The van der Waals surface area contributed by atoms with E-state index in [4.69, 9.17) is 16.3 Å². The molecule has 1 aliphatic carbocycles. The SMILES string of the molecule is CCOc1ncc(-c2cnc(N(C(=O)NCC(F)(F)F)C3CCC(Nc4ncc(C(F)(F)F)c(-c5n[nH]cc5Cl)n4)CC3)cn2)cn1. The van der Waals surface area contributed by atoms with Gasteiger partial charge in [0.1, 0.15) is 23.5 Å². The van der Waals surface area contributed by atoms with E-state index in [0.717, 1.165) is 4.90 Å². The number of halogens is 7. The lowest BCUT2D eigenvalue weighted by Crippen LogP contribution is -2.50. The highest BCUT2D eigenvalue weighted by Crippen LogP contribution is 2.38. The minimum Gasteiger partial charge on any atom is -0.464 e. The Morgan fingerprint density at radius 1 is 0.979 bits per heavy atom. The summed E-state index contributed by atoms with van der Waals surface area (Å²) in [7, 11) is 0. The number of ether oxygens (including phenoxy) is 1. The zero-order valence-corrected chi connectivity index (χ0v) is 25.2. The highest BCUT2D eigenvalue weighted by Gasteiger charge is 2.38. The summed E-state index contributed by atoms with van der Waals surface area (Å²) in [5.74, 6) is -0.0849. The molecule has 2 amide bonds. The number of urea groups is 1. The number of amides is 2. The summed E-state index contributed by atoms with van der Waals surface area (Å²) >= 11 is 6.00. The molecule has 1 fully saturated rings. The minimum absolute atomic E-state index is 0.0169. The van der Waals surface area contributed by atoms with Crippen molar-refractivity contribution < 1.29 is 35.9 Å². The predicted octanol–water partition coefficient (Wildman–Crippen LogP) is 5.69. The van der Waals surface area contributed by atoms with Crippen molar-refractivity contribution in [3.05, 3.63) is 47.8 Å². The average Bonchev–Trinajstić information content (AvgIpc) is 3.46. The zero-order valence-electron chi connectivity index (χ0n) is 24.4. The van der Waals surface area contributed by atoms with Gasteiger partial charge in [0.05, 0.1) is 29.7 Å². The first-order chi connectivity index (χ1) is 22.3. The molecule has 13 nitrogen and oxygen atoms in total. The van der Waals surface area contributed by atoms with Crippen molar-refractivity contribution >= 4 is 29.4 Å². The summed E-state index contributed by atoms with van der Waals surface area (Å²) in [4.78, 5) is 38.8. The van der Waals surface area contributed by atoms with Crippen LogP contribution >= 0.6 is 11.6 Å². The Hall–Kier alpha value is -4.81. The minimum atomic E-state index is -4.77. The van der Waals surface area contributed by atoms with Crippen molar-refractivity contribution in [2.24, 2.45) is 0 Å². The molecule has 250 valence electrons. The second-order valence-corrected chi connectivity index (χ2v) is 10.7. The lowest BCUT2D eigenvalue weighted by Gasteiger charge is -2.36. The summed E-state index contributed by atoms with van der Waals surface area (Å²) < 4.78 is 85.0. The molecule has 20 heteroatoms. The number of rotatable bonds is 9. The monoisotopic (exact) mass is 685 g/mol. The van der Waals surface area contributed by atoms with Crippen molar-refractivity contribution in [3.8, 4) is 28.7 Å². The lowest BCUT2D eigenvalue weighted by molar-refractivity contribution is -0.137. The molecule has 0 spiro atoms. The molecule has 1 saturated carbocycles. The number of aromatic nitrogens is 8. The molecule has 4 aromatic rings. The number of carbonyl (C=O) groups excluding carboxylic acids is 1. The van der Waals surface area contributed by atoms with Crippen molar-refractivity contribution in [1.29, 1.82) is 0 Å². The summed E-state index contributed by atoms with van der Waals surface area (Å²) in [5, 5.41) is 11.0. The lowest BCUT2D eigenvalue weighted by atomic mass is 9.90. The van der Waals surface area contributed by atoms with Crippen LogP contribution < -0.4 is 20.3 Å². The first kappa shape index (κ1) is 33.6. The van der Waals surface area contributed by atoms with Crippen molar-refractivity contribution in [2.45, 2.75) is 57.0 Å². The Morgan fingerprint density at radius 3 is 2.28 bits per heavy atom. The molecule has 0 unspecified atom stereocenters. The van der Waals surface area contributed by atoms with Gasteiger partial charge in [-0.3, -0.25) is 15.0 Å². The number of hydrogen-bond acceptors (Lipinski definition) is 10. The summed E-state index contributed by atoms with van der Waals surface area (Å²) in [6.07, 6.45) is -0.688. The van der Waals surface area contributed by atoms with Crippen LogP contribution in [0.2, 0.25) is 5.02 Å². The Bertz CT molecular complexity index is 1660. The van der Waals surface area contributed by atoms with Crippen LogP contribution in [0.4, 0.5) is 42.9 Å². The van der Waals surface area contributed by atoms with Crippen molar-refractivity contribution in [3.63, 3.8) is 0 Å². The second kappa shape index (κ2) is 13.9. The number of aromatic amines is 1. The number of anilines is 2. The maximum Gasteiger partial charge on any atom is 0.420 e. The Balaban J connectivity index is 1.31. The second-order valence-electron chi connectivity index (χ2n) is 10.3. The van der Waals surface area contributed by atoms with E-state index in [-0.39, 0.29) is 34.5 Å². The smallest absolute Gasteiger partial charge is 0.420 e. The Kier molecular flexibility index (Phi) is 9.92. The van der Waals surface area contributed by atoms with Gasteiger partial charge in [-0.25, -0.2) is 29.7 Å².